The summed E-state index contributed by atoms with van der Waals surface area (Å²) in [6.07, 6.45) is 1.76. The van der Waals surface area contributed by atoms with Crippen LogP contribution >= 0.6 is 12.2 Å². The minimum absolute atomic E-state index is 0.373. The Morgan fingerprint density at radius 2 is 2.12 bits per heavy atom. The summed E-state index contributed by atoms with van der Waals surface area (Å²) in [4.78, 5) is 0.577. The Balaban J connectivity index is 2.95. The highest BCUT2D eigenvalue weighted by Gasteiger charge is 2.11. The van der Waals surface area contributed by atoms with E-state index in [1.54, 1.807) is 0 Å². The van der Waals surface area contributed by atoms with E-state index in [2.05, 4.69) is 26.0 Å². The molecule has 1 atom stereocenters. The largest absolute Gasteiger partial charge is 0.494 e. The maximum atomic E-state index is 5.61. The van der Waals surface area contributed by atoms with E-state index in [0.717, 1.165) is 18.6 Å². The Hall–Kier alpha value is -1.09. The molecule has 1 aromatic carbocycles. The second kappa shape index (κ2) is 6.60. The van der Waals surface area contributed by atoms with Gasteiger partial charge in [-0.25, -0.2) is 0 Å². The van der Waals surface area contributed by atoms with Crippen molar-refractivity contribution in [3.05, 3.63) is 29.3 Å². The molecular formula is C14H21NOS. The highest BCUT2D eigenvalue weighted by atomic mass is 32.1. The number of ether oxygens (including phenoxy) is 1. The third-order valence-electron chi connectivity index (χ3n) is 2.84. The molecule has 0 radical (unpaired) electrons. The van der Waals surface area contributed by atoms with Crippen LogP contribution in [-0.2, 0) is 6.42 Å². The number of hydrogen-bond acceptors (Lipinski definition) is 2. The average Bonchev–Trinajstić information content (AvgIpc) is 2.28. The van der Waals surface area contributed by atoms with Crippen molar-refractivity contribution in [2.45, 2.75) is 39.5 Å². The summed E-state index contributed by atoms with van der Waals surface area (Å²) in [7, 11) is 0. The van der Waals surface area contributed by atoms with E-state index in [1.807, 2.05) is 13.0 Å². The first-order valence-electron chi connectivity index (χ1n) is 6.12. The summed E-state index contributed by atoms with van der Waals surface area (Å²) < 4.78 is 5.51. The Bertz CT molecular complexity index is 390. The molecule has 0 saturated carbocycles. The molecule has 1 aromatic rings. The zero-order valence-electron chi connectivity index (χ0n) is 10.8. The van der Waals surface area contributed by atoms with Gasteiger partial charge in [-0.1, -0.05) is 32.1 Å². The predicted octanol–water partition coefficient (Wildman–Crippen LogP) is 3.43. The van der Waals surface area contributed by atoms with Gasteiger partial charge in [0.05, 0.1) is 11.6 Å². The lowest BCUT2D eigenvalue weighted by Crippen LogP contribution is -2.12. The lowest BCUT2D eigenvalue weighted by Gasteiger charge is -2.16. The van der Waals surface area contributed by atoms with Gasteiger partial charge in [0.2, 0.25) is 0 Å². The van der Waals surface area contributed by atoms with Crippen LogP contribution in [0.2, 0.25) is 0 Å². The fraction of sp³-hybridized carbons (Fsp3) is 0.500. The van der Waals surface area contributed by atoms with Crippen molar-refractivity contribution in [2.75, 3.05) is 6.61 Å². The van der Waals surface area contributed by atoms with E-state index in [-0.39, 0.29) is 0 Å². The molecule has 2 N–H and O–H groups in total. The van der Waals surface area contributed by atoms with Crippen molar-refractivity contribution in [3.63, 3.8) is 0 Å². The molecule has 0 amide bonds. The Morgan fingerprint density at radius 1 is 1.41 bits per heavy atom. The normalized spacial score (nSPS) is 12.2. The van der Waals surface area contributed by atoms with Crippen LogP contribution in [0.25, 0.3) is 0 Å². The van der Waals surface area contributed by atoms with Gasteiger partial charge in [-0.15, -0.1) is 0 Å². The molecule has 1 rings (SSSR count). The molecule has 0 aliphatic carbocycles. The van der Waals surface area contributed by atoms with Crippen molar-refractivity contribution >= 4 is 17.2 Å². The van der Waals surface area contributed by atoms with E-state index in [4.69, 9.17) is 22.7 Å². The standard InChI is InChI=1S/C14H21NOS/c1-4-11-9-12(16-5-2)6-7-13(11)10(3)8-14(15)17/h6-7,9-10H,4-5,8H2,1-3H3,(H2,15,17). The molecule has 3 heteroatoms. The van der Waals surface area contributed by atoms with Gasteiger partial charge in [0.25, 0.3) is 0 Å². The molecule has 0 aromatic heterocycles. The smallest absolute Gasteiger partial charge is 0.119 e. The van der Waals surface area contributed by atoms with Crippen LogP contribution in [0.3, 0.4) is 0 Å². The lowest BCUT2D eigenvalue weighted by molar-refractivity contribution is 0.339. The van der Waals surface area contributed by atoms with Gasteiger partial charge < -0.3 is 10.5 Å². The number of aryl methyl sites for hydroxylation is 1. The van der Waals surface area contributed by atoms with Crippen molar-refractivity contribution in [2.24, 2.45) is 5.73 Å². The first-order chi connectivity index (χ1) is 8.08. The molecule has 0 aliphatic rings. The maximum absolute atomic E-state index is 5.61. The molecule has 2 nitrogen and oxygen atoms in total. The molecule has 0 heterocycles. The number of rotatable bonds is 6. The van der Waals surface area contributed by atoms with Gasteiger partial charge in [0.15, 0.2) is 0 Å². The van der Waals surface area contributed by atoms with E-state index in [1.165, 1.54) is 11.1 Å². The highest BCUT2D eigenvalue weighted by molar-refractivity contribution is 7.80. The monoisotopic (exact) mass is 251 g/mol. The SMILES string of the molecule is CCOc1ccc(C(C)CC(N)=S)c(CC)c1. The van der Waals surface area contributed by atoms with Gasteiger partial charge in [0, 0.05) is 6.42 Å². The zero-order chi connectivity index (χ0) is 12.8. The summed E-state index contributed by atoms with van der Waals surface area (Å²) >= 11 is 4.97. The third-order valence-corrected chi connectivity index (χ3v) is 3.01. The van der Waals surface area contributed by atoms with Gasteiger partial charge in [-0.3, -0.25) is 0 Å². The topological polar surface area (TPSA) is 35.2 Å². The molecule has 17 heavy (non-hydrogen) atoms. The number of nitrogens with two attached hydrogens (primary N) is 1. The fourth-order valence-electron chi connectivity index (χ4n) is 2.04. The minimum atomic E-state index is 0.373. The van der Waals surface area contributed by atoms with Crippen LogP contribution in [0.4, 0.5) is 0 Å². The van der Waals surface area contributed by atoms with E-state index >= 15 is 0 Å². The number of hydrogen-bond donors (Lipinski definition) is 1. The molecule has 94 valence electrons. The quantitative estimate of drug-likeness (QED) is 0.787. The second-order valence-corrected chi connectivity index (χ2v) is 4.74. The van der Waals surface area contributed by atoms with Crippen molar-refractivity contribution in [1.82, 2.24) is 0 Å². The lowest BCUT2D eigenvalue weighted by atomic mass is 9.92. The Morgan fingerprint density at radius 3 is 2.65 bits per heavy atom. The first-order valence-corrected chi connectivity index (χ1v) is 6.53. The number of thiocarbonyl (C=S) groups is 1. The van der Waals surface area contributed by atoms with Gasteiger partial charge in [-0.2, -0.15) is 0 Å². The molecule has 1 unspecified atom stereocenters. The van der Waals surface area contributed by atoms with Gasteiger partial charge in [-0.05, 0) is 42.5 Å². The van der Waals surface area contributed by atoms with Crippen LogP contribution in [0.5, 0.6) is 5.75 Å². The second-order valence-electron chi connectivity index (χ2n) is 4.22. The van der Waals surface area contributed by atoms with Crippen LogP contribution < -0.4 is 10.5 Å². The van der Waals surface area contributed by atoms with Gasteiger partial charge in [0.1, 0.15) is 5.75 Å². The summed E-state index contributed by atoms with van der Waals surface area (Å²) in [5.41, 5.74) is 8.25. The molecule has 0 fully saturated rings. The molecule has 0 aliphatic heterocycles. The van der Waals surface area contributed by atoms with Crippen LogP contribution in [0.1, 0.15) is 44.2 Å². The van der Waals surface area contributed by atoms with Gasteiger partial charge >= 0.3 is 0 Å². The highest BCUT2D eigenvalue weighted by Crippen LogP contribution is 2.27. The summed E-state index contributed by atoms with van der Waals surface area (Å²) in [6, 6.07) is 6.27. The zero-order valence-corrected chi connectivity index (χ0v) is 11.6. The average molecular weight is 251 g/mol. The molecule has 0 spiro atoms. The van der Waals surface area contributed by atoms with E-state index in [9.17, 15) is 0 Å². The van der Waals surface area contributed by atoms with Crippen molar-refractivity contribution < 1.29 is 4.74 Å². The fourth-order valence-corrected chi connectivity index (χ4v) is 2.29. The summed E-state index contributed by atoms with van der Waals surface area (Å²) in [5, 5.41) is 0. The third kappa shape index (κ3) is 4.00. The Labute approximate surface area is 109 Å². The minimum Gasteiger partial charge on any atom is -0.494 e. The van der Waals surface area contributed by atoms with E-state index in [0.29, 0.717) is 17.5 Å². The van der Waals surface area contributed by atoms with Crippen molar-refractivity contribution in [3.8, 4) is 5.75 Å². The van der Waals surface area contributed by atoms with E-state index < -0.39 is 0 Å². The predicted molar refractivity (Wildman–Crippen MR) is 76.8 cm³/mol. The molecule has 0 bridgehead atoms. The summed E-state index contributed by atoms with van der Waals surface area (Å²) in [6.45, 7) is 7.01. The van der Waals surface area contributed by atoms with Crippen LogP contribution in [0, 0.1) is 0 Å². The van der Waals surface area contributed by atoms with Crippen LogP contribution in [-0.4, -0.2) is 11.6 Å². The number of benzene rings is 1. The molecule has 0 saturated heterocycles. The van der Waals surface area contributed by atoms with Crippen LogP contribution in [0.15, 0.2) is 18.2 Å². The molecular weight excluding hydrogens is 230 g/mol. The first kappa shape index (κ1) is 14.0. The maximum Gasteiger partial charge on any atom is 0.119 e. The van der Waals surface area contributed by atoms with Crippen molar-refractivity contribution in [1.29, 1.82) is 0 Å². The summed E-state index contributed by atoms with van der Waals surface area (Å²) in [5.74, 6) is 1.31. The Kier molecular flexibility index (Phi) is 5.42.